The summed E-state index contributed by atoms with van der Waals surface area (Å²) < 4.78 is 13.1. The molecule has 2 aliphatic heterocycles. The van der Waals surface area contributed by atoms with Crippen molar-refractivity contribution in [1.29, 1.82) is 0 Å². The Morgan fingerprint density at radius 2 is 1.87 bits per heavy atom. The highest BCUT2D eigenvalue weighted by molar-refractivity contribution is 8.14. The first kappa shape index (κ1) is 21.3. The predicted octanol–water partition coefficient (Wildman–Crippen LogP) is 0.702. The molecule has 4 rings (SSSR count). The highest BCUT2D eigenvalue weighted by atomic mass is 32.2. The Hall–Kier alpha value is -2.89. The van der Waals surface area contributed by atoms with Crippen LogP contribution in [0.15, 0.2) is 47.7 Å². The van der Waals surface area contributed by atoms with Crippen LogP contribution in [0.25, 0.3) is 0 Å². The summed E-state index contributed by atoms with van der Waals surface area (Å²) in [6, 6.07) is 5.81. The van der Waals surface area contributed by atoms with E-state index in [1.54, 1.807) is 18.5 Å². The number of halogens is 1. The van der Waals surface area contributed by atoms with Crippen molar-refractivity contribution in [1.82, 2.24) is 25.5 Å². The van der Waals surface area contributed by atoms with E-state index in [2.05, 4.69) is 25.6 Å². The molecule has 1 amide bonds. The normalized spacial score (nSPS) is 22.5. The van der Waals surface area contributed by atoms with Crippen LogP contribution >= 0.6 is 11.8 Å². The minimum absolute atomic E-state index is 0.261. The number of carbonyl (C=O) groups excluding carboxylic acids is 1. The number of amidine groups is 1. The monoisotopic (exact) mass is 444 g/mol. The van der Waals surface area contributed by atoms with Crippen LogP contribution < -0.4 is 10.6 Å². The quantitative estimate of drug-likeness (QED) is 0.617. The summed E-state index contributed by atoms with van der Waals surface area (Å²) in [7, 11) is 0. The summed E-state index contributed by atoms with van der Waals surface area (Å²) in [5.41, 5.74) is -0.990. The molecule has 9 nitrogen and oxygen atoms in total. The molecule has 0 aliphatic carbocycles. The molecule has 31 heavy (non-hydrogen) atoms. The maximum atomic E-state index is 13.1. The predicted molar refractivity (Wildman–Crippen MR) is 113 cm³/mol. The van der Waals surface area contributed by atoms with Crippen LogP contribution in [-0.2, 0) is 10.3 Å². The van der Waals surface area contributed by atoms with Gasteiger partial charge in [0.1, 0.15) is 11.9 Å². The van der Waals surface area contributed by atoms with Gasteiger partial charge in [0.05, 0.1) is 0 Å². The fourth-order valence-electron chi connectivity index (χ4n) is 3.76. The summed E-state index contributed by atoms with van der Waals surface area (Å²) in [5, 5.41) is 16.4. The van der Waals surface area contributed by atoms with Crippen molar-refractivity contribution >= 4 is 28.8 Å². The van der Waals surface area contributed by atoms with Gasteiger partial charge in [-0.15, -0.1) is 0 Å². The summed E-state index contributed by atoms with van der Waals surface area (Å²) in [5.74, 6) is -1.37. The number of piperazine rings is 1. The van der Waals surface area contributed by atoms with E-state index in [1.165, 1.54) is 36.0 Å². The number of nitrogens with one attached hydrogen (secondary N) is 2. The van der Waals surface area contributed by atoms with Gasteiger partial charge >= 0.3 is 5.97 Å². The van der Waals surface area contributed by atoms with Crippen molar-refractivity contribution in [3.63, 3.8) is 0 Å². The zero-order valence-electron chi connectivity index (χ0n) is 16.5. The average Bonchev–Trinajstić information content (AvgIpc) is 3.19. The fourth-order valence-corrected chi connectivity index (χ4v) is 4.86. The number of aliphatic imine (C=N–C) groups is 1. The number of aliphatic carboxylic acids is 1. The zero-order valence-corrected chi connectivity index (χ0v) is 17.3. The van der Waals surface area contributed by atoms with E-state index in [-0.39, 0.29) is 16.5 Å². The molecular weight excluding hydrogens is 423 g/mol. The average molecular weight is 444 g/mol. The number of amides is 1. The van der Waals surface area contributed by atoms with Crippen molar-refractivity contribution in [3.8, 4) is 0 Å². The number of benzene rings is 1. The molecule has 3 heterocycles. The highest BCUT2D eigenvalue weighted by Crippen LogP contribution is 2.40. The van der Waals surface area contributed by atoms with Crippen molar-refractivity contribution in [2.75, 3.05) is 31.9 Å². The molecule has 2 aliphatic rings. The van der Waals surface area contributed by atoms with E-state index in [1.807, 2.05) is 4.90 Å². The lowest BCUT2D eigenvalue weighted by Gasteiger charge is -2.40. The third-order valence-corrected chi connectivity index (χ3v) is 6.26. The maximum Gasteiger partial charge on any atom is 0.324 e. The molecule has 162 valence electrons. The third-order valence-electron chi connectivity index (χ3n) is 5.21. The van der Waals surface area contributed by atoms with Gasteiger partial charge in [0.25, 0.3) is 5.91 Å². The number of carboxylic acids is 1. The Bertz CT molecular complexity index is 984. The highest BCUT2D eigenvalue weighted by Gasteiger charge is 2.53. The van der Waals surface area contributed by atoms with Gasteiger partial charge in [0, 0.05) is 49.9 Å². The summed E-state index contributed by atoms with van der Waals surface area (Å²) in [4.78, 5) is 40.2. The molecule has 1 aromatic heterocycles. The summed E-state index contributed by atoms with van der Waals surface area (Å²) in [6.45, 7) is 2.42. The van der Waals surface area contributed by atoms with Gasteiger partial charge in [0.15, 0.2) is 16.5 Å². The SMILES string of the molecule is O=C(NC1=NC(c2ncccn2)(C(C(=O)O)N2CCNCC2)CS1)c1ccc(F)cc1. The second-order valence-corrected chi connectivity index (χ2v) is 8.15. The van der Waals surface area contributed by atoms with E-state index in [9.17, 15) is 19.1 Å². The third kappa shape index (κ3) is 4.43. The Labute approximate surface area is 182 Å². The number of thioether (sulfide) groups is 1. The molecule has 2 aromatic rings. The lowest BCUT2D eigenvalue weighted by atomic mass is 9.89. The summed E-state index contributed by atoms with van der Waals surface area (Å²) in [6.07, 6.45) is 3.10. The Morgan fingerprint density at radius 1 is 1.19 bits per heavy atom. The molecule has 3 N–H and O–H groups in total. The van der Waals surface area contributed by atoms with Gasteiger partial charge in [-0.3, -0.25) is 14.5 Å². The fraction of sp³-hybridized carbons (Fsp3) is 0.350. The largest absolute Gasteiger partial charge is 0.480 e. The molecule has 0 spiro atoms. The van der Waals surface area contributed by atoms with Crippen molar-refractivity contribution in [2.45, 2.75) is 11.6 Å². The number of hydrogen-bond acceptors (Lipinski definition) is 8. The maximum absolute atomic E-state index is 13.1. The van der Waals surface area contributed by atoms with Crippen LogP contribution in [-0.4, -0.2) is 75.0 Å². The van der Waals surface area contributed by atoms with Gasteiger partial charge < -0.3 is 15.7 Å². The molecular formula is C20H21FN6O3S. The van der Waals surface area contributed by atoms with Gasteiger partial charge in [-0.05, 0) is 30.3 Å². The number of rotatable bonds is 5. The number of carboxylic acid groups (broad SMARTS) is 1. The first-order chi connectivity index (χ1) is 15.0. The van der Waals surface area contributed by atoms with Crippen LogP contribution in [0.1, 0.15) is 16.2 Å². The zero-order chi connectivity index (χ0) is 21.8. The first-order valence-electron chi connectivity index (χ1n) is 9.74. The van der Waals surface area contributed by atoms with Crippen LogP contribution in [0.4, 0.5) is 4.39 Å². The number of carbonyl (C=O) groups is 2. The molecule has 0 saturated carbocycles. The number of nitrogens with zero attached hydrogens (tertiary/aromatic N) is 4. The van der Waals surface area contributed by atoms with E-state index in [0.717, 1.165) is 0 Å². The van der Waals surface area contributed by atoms with Crippen LogP contribution in [0.5, 0.6) is 0 Å². The van der Waals surface area contributed by atoms with Gasteiger partial charge in [0.2, 0.25) is 0 Å². The molecule has 0 bridgehead atoms. The summed E-state index contributed by atoms with van der Waals surface area (Å²) >= 11 is 1.24. The minimum atomic E-state index is -1.26. The molecule has 11 heteroatoms. The van der Waals surface area contributed by atoms with E-state index in [0.29, 0.717) is 32.0 Å². The number of aromatic nitrogens is 2. The van der Waals surface area contributed by atoms with Crippen molar-refractivity contribution < 1.29 is 19.1 Å². The first-order valence-corrected chi connectivity index (χ1v) is 10.7. The molecule has 1 aromatic carbocycles. The molecule has 1 fully saturated rings. The topological polar surface area (TPSA) is 120 Å². The molecule has 0 radical (unpaired) electrons. The Kier molecular flexibility index (Phi) is 6.25. The Morgan fingerprint density at radius 3 is 2.52 bits per heavy atom. The lowest BCUT2D eigenvalue weighted by molar-refractivity contribution is -0.146. The molecule has 1 saturated heterocycles. The lowest BCUT2D eigenvalue weighted by Crippen LogP contribution is -2.60. The van der Waals surface area contributed by atoms with Gasteiger partial charge in [-0.25, -0.2) is 19.4 Å². The second kappa shape index (κ2) is 9.08. The van der Waals surface area contributed by atoms with Crippen molar-refractivity contribution in [2.24, 2.45) is 4.99 Å². The van der Waals surface area contributed by atoms with Crippen molar-refractivity contribution in [3.05, 3.63) is 59.9 Å². The van der Waals surface area contributed by atoms with E-state index in [4.69, 9.17) is 0 Å². The molecule has 2 atom stereocenters. The van der Waals surface area contributed by atoms with Gasteiger partial charge in [-0.1, -0.05) is 11.8 Å². The molecule has 2 unspecified atom stereocenters. The van der Waals surface area contributed by atoms with Gasteiger partial charge in [-0.2, -0.15) is 0 Å². The standard InChI is InChI=1S/C20H21FN6O3S/c21-14-4-2-13(3-5-14)16(28)25-19-26-20(12-31-19,18-23-6-1-7-24-18)15(17(29)30)27-10-8-22-9-11-27/h1-7,15,22H,8-12H2,(H,29,30)(H,25,26,28). The van der Waals surface area contributed by atoms with E-state index >= 15 is 0 Å². The second-order valence-electron chi connectivity index (χ2n) is 7.19. The minimum Gasteiger partial charge on any atom is -0.480 e. The smallest absolute Gasteiger partial charge is 0.324 e. The Balaban J connectivity index is 1.68. The number of hydrogen-bond donors (Lipinski definition) is 3. The van der Waals surface area contributed by atoms with Crippen LogP contribution in [0, 0.1) is 5.82 Å². The van der Waals surface area contributed by atoms with E-state index < -0.39 is 29.3 Å². The van der Waals surface area contributed by atoms with Crippen LogP contribution in [0.2, 0.25) is 0 Å². The van der Waals surface area contributed by atoms with Crippen LogP contribution in [0.3, 0.4) is 0 Å².